The van der Waals surface area contributed by atoms with Gasteiger partial charge in [-0.3, -0.25) is 14.5 Å². The maximum atomic E-state index is 12.9. The average Bonchev–Trinajstić information content (AvgIpc) is 3.26. The summed E-state index contributed by atoms with van der Waals surface area (Å²) in [5, 5.41) is 4.55. The van der Waals surface area contributed by atoms with E-state index in [1.54, 1.807) is 9.80 Å². The van der Waals surface area contributed by atoms with Crippen molar-refractivity contribution in [3.05, 3.63) is 30.6 Å². The number of anilines is 2. The summed E-state index contributed by atoms with van der Waals surface area (Å²) >= 11 is 0. The van der Waals surface area contributed by atoms with Crippen molar-refractivity contribution in [2.24, 2.45) is 5.92 Å². The van der Waals surface area contributed by atoms with Crippen LogP contribution in [0.5, 0.6) is 0 Å². The third-order valence-corrected chi connectivity index (χ3v) is 6.09. The fourth-order valence-corrected chi connectivity index (χ4v) is 4.43. The Morgan fingerprint density at radius 1 is 1.15 bits per heavy atom. The Bertz CT molecular complexity index is 998. The number of nitrogens with zero attached hydrogens (tertiary/aromatic N) is 4. The third kappa shape index (κ3) is 4.98. The molecule has 1 aromatic heterocycles. The standard InChI is InChI=1S/C24H32N4O5/c1-16(2)33-23(29)27-13-17(3)28(24(30)31-4)21-6-5-19(11-22(21)27)20-12-25-26(15-20)14-18-7-9-32-10-8-18/h5-6,11-12,15-18H,7-10,13-14H2,1-4H3/t17-/m0/s1. The lowest BCUT2D eigenvalue weighted by Gasteiger charge is -2.40. The van der Waals surface area contributed by atoms with Crippen LogP contribution in [0.2, 0.25) is 0 Å². The first-order valence-electron chi connectivity index (χ1n) is 11.5. The molecule has 9 nitrogen and oxygen atoms in total. The van der Waals surface area contributed by atoms with Gasteiger partial charge in [-0.1, -0.05) is 6.07 Å². The average molecular weight is 457 g/mol. The molecule has 2 aliphatic rings. The molecular formula is C24H32N4O5. The topological polar surface area (TPSA) is 86.1 Å². The van der Waals surface area contributed by atoms with Crippen molar-refractivity contribution in [1.29, 1.82) is 0 Å². The van der Waals surface area contributed by atoms with Crippen molar-refractivity contribution in [1.82, 2.24) is 9.78 Å². The first kappa shape index (κ1) is 23.1. The van der Waals surface area contributed by atoms with Crippen LogP contribution >= 0.6 is 0 Å². The van der Waals surface area contributed by atoms with Crippen molar-refractivity contribution >= 4 is 23.6 Å². The minimum Gasteiger partial charge on any atom is -0.452 e. The predicted octanol–water partition coefficient (Wildman–Crippen LogP) is 4.30. The first-order valence-corrected chi connectivity index (χ1v) is 11.5. The summed E-state index contributed by atoms with van der Waals surface area (Å²) in [7, 11) is 1.36. The molecule has 1 fully saturated rings. The lowest BCUT2D eigenvalue weighted by Crippen LogP contribution is -2.52. The van der Waals surface area contributed by atoms with E-state index >= 15 is 0 Å². The predicted molar refractivity (Wildman–Crippen MR) is 125 cm³/mol. The molecule has 0 radical (unpaired) electrons. The number of aromatic nitrogens is 2. The number of carbonyl (C=O) groups is 2. The summed E-state index contributed by atoms with van der Waals surface area (Å²) in [6.45, 7) is 8.28. The molecular weight excluding hydrogens is 424 g/mol. The second kappa shape index (κ2) is 9.82. The number of benzene rings is 1. The molecule has 3 heterocycles. The van der Waals surface area contributed by atoms with Crippen LogP contribution < -0.4 is 9.80 Å². The molecule has 2 aromatic rings. The molecule has 2 amide bonds. The van der Waals surface area contributed by atoms with Gasteiger partial charge < -0.3 is 14.2 Å². The molecule has 1 aromatic carbocycles. The van der Waals surface area contributed by atoms with Crippen LogP contribution in [0.25, 0.3) is 11.1 Å². The van der Waals surface area contributed by atoms with Crippen LogP contribution in [0.3, 0.4) is 0 Å². The Kier molecular flexibility index (Phi) is 6.88. The number of hydrogen-bond acceptors (Lipinski definition) is 6. The highest BCUT2D eigenvalue weighted by Gasteiger charge is 2.36. The van der Waals surface area contributed by atoms with Crippen molar-refractivity contribution in [2.45, 2.75) is 52.3 Å². The molecule has 0 aliphatic carbocycles. The van der Waals surface area contributed by atoms with Crippen LogP contribution in [0.4, 0.5) is 21.0 Å². The number of methoxy groups -OCH3 is 1. The molecule has 0 N–H and O–H groups in total. The van der Waals surface area contributed by atoms with Gasteiger partial charge in [-0.25, -0.2) is 9.59 Å². The van der Waals surface area contributed by atoms with Crippen molar-refractivity contribution in [2.75, 3.05) is 36.7 Å². The van der Waals surface area contributed by atoms with Crippen molar-refractivity contribution < 1.29 is 23.8 Å². The Morgan fingerprint density at radius 3 is 2.61 bits per heavy atom. The molecule has 0 unspecified atom stereocenters. The number of fused-ring (bicyclic) bond motifs is 1. The van der Waals surface area contributed by atoms with E-state index in [0.717, 1.165) is 43.7 Å². The van der Waals surface area contributed by atoms with Gasteiger partial charge in [0.25, 0.3) is 0 Å². The molecule has 0 spiro atoms. The smallest absolute Gasteiger partial charge is 0.414 e. The van der Waals surface area contributed by atoms with Crippen LogP contribution in [0.15, 0.2) is 30.6 Å². The lowest BCUT2D eigenvalue weighted by molar-refractivity contribution is 0.0601. The van der Waals surface area contributed by atoms with Crippen molar-refractivity contribution in [3.63, 3.8) is 0 Å². The van der Waals surface area contributed by atoms with Gasteiger partial charge >= 0.3 is 12.2 Å². The van der Waals surface area contributed by atoms with E-state index in [4.69, 9.17) is 14.2 Å². The molecule has 0 bridgehead atoms. The van der Waals surface area contributed by atoms with Gasteiger partial charge in [-0.05, 0) is 57.2 Å². The fourth-order valence-electron chi connectivity index (χ4n) is 4.43. The summed E-state index contributed by atoms with van der Waals surface area (Å²) in [5.41, 5.74) is 3.08. The summed E-state index contributed by atoms with van der Waals surface area (Å²) < 4.78 is 17.9. The SMILES string of the molecule is COC(=O)N1c2ccc(-c3cnn(CC4CCOCC4)c3)cc2N(C(=O)OC(C)C)C[C@@H]1C. The van der Waals surface area contributed by atoms with Crippen LogP contribution in [-0.2, 0) is 20.8 Å². The molecule has 9 heteroatoms. The summed E-state index contributed by atoms with van der Waals surface area (Å²) in [4.78, 5) is 28.5. The van der Waals surface area contributed by atoms with Gasteiger partial charge in [0.05, 0.1) is 43.4 Å². The Labute approximate surface area is 194 Å². The molecule has 2 aliphatic heterocycles. The van der Waals surface area contributed by atoms with E-state index in [-0.39, 0.29) is 12.1 Å². The second-order valence-electron chi connectivity index (χ2n) is 8.94. The highest BCUT2D eigenvalue weighted by molar-refractivity contribution is 6.01. The molecule has 33 heavy (non-hydrogen) atoms. The third-order valence-electron chi connectivity index (χ3n) is 6.09. The Balaban J connectivity index is 1.65. The second-order valence-corrected chi connectivity index (χ2v) is 8.94. The number of ether oxygens (including phenoxy) is 3. The number of carbonyl (C=O) groups excluding carboxylic acids is 2. The lowest BCUT2D eigenvalue weighted by atomic mass is 10.0. The summed E-state index contributed by atoms with van der Waals surface area (Å²) in [6, 6.07) is 5.43. The van der Waals surface area contributed by atoms with E-state index in [2.05, 4.69) is 5.10 Å². The minimum atomic E-state index is -0.461. The Hall–Kier alpha value is -3.07. The monoisotopic (exact) mass is 456 g/mol. The van der Waals surface area contributed by atoms with E-state index < -0.39 is 12.2 Å². The van der Waals surface area contributed by atoms with Crippen LogP contribution in [0.1, 0.15) is 33.6 Å². The maximum absolute atomic E-state index is 12.9. The highest BCUT2D eigenvalue weighted by Crippen LogP contribution is 2.39. The molecule has 4 rings (SSSR count). The normalized spacial score (nSPS) is 18.9. The van der Waals surface area contributed by atoms with Crippen molar-refractivity contribution in [3.8, 4) is 11.1 Å². The number of rotatable bonds is 4. The van der Waals surface area contributed by atoms with E-state index in [1.165, 1.54) is 7.11 Å². The van der Waals surface area contributed by atoms with Gasteiger partial charge in [0.15, 0.2) is 0 Å². The van der Waals surface area contributed by atoms with Crippen LogP contribution in [0, 0.1) is 5.92 Å². The summed E-state index contributed by atoms with van der Waals surface area (Å²) in [5.74, 6) is 0.562. The number of hydrogen-bond donors (Lipinski definition) is 0. The van der Waals surface area contributed by atoms with E-state index in [0.29, 0.717) is 23.8 Å². The van der Waals surface area contributed by atoms with Gasteiger partial charge in [-0.2, -0.15) is 5.10 Å². The highest BCUT2D eigenvalue weighted by atomic mass is 16.6. The quantitative estimate of drug-likeness (QED) is 0.682. The zero-order valence-electron chi connectivity index (χ0n) is 19.7. The maximum Gasteiger partial charge on any atom is 0.414 e. The first-order chi connectivity index (χ1) is 15.9. The van der Waals surface area contributed by atoms with Gasteiger partial charge in [0, 0.05) is 31.5 Å². The zero-order chi connectivity index (χ0) is 23.5. The summed E-state index contributed by atoms with van der Waals surface area (Å²) in [6.07, 6.45) is 4.80. The van der Waals surface area contributed by atoms with E-state index in [1.807, 2.05) is 56.0 Å². The molecule has 1 saturated heterocycles. The zero-order valence-corrected chi connectivity index (χ0v) is 19.7. The van der Waals surface area contributed by atoms with Crippen LogP contribution in [-0.4, -0.2) is 61.0 Å². The van der Waals surface area contributed by atoms with Gasteiger partial charge in [-0.15, -0.1) is 0 Å². The van der Waals surface area contributed by atoms with E-state index in [9.17, 15) is 9.59 Å². The van der Waals surface area contributed by atoms with Gasteiger partial charge in [0.2, 0.25) is 0 Å². The minimum absolute atomic E-state index is 0.249. The fraction of sp³-hybridized carbons (Fsp3) is 0.542. The number of amides is 2. The largest absolute Gasteiger partial charge is 0.452 e. The molecule has 1 atom stereocenters. The Morgan fingerprint density at radius 2 is 1.91 bits per heavy atom. The van der Waals surface area contributed by atoms with Gasteiger partial charge in [0.1, 0.15) is 0 Å². The molecule has 0 saturated carbocycles. The molecule has 178 valence electrons.